The van der Waals surface area contributed by atoms with Crippen LogP contribution in [0.1, 0.15) is 34.6 Å². The molecular formula is C22H25Cl2N3O5. The molecule has 1 aliphatic rings. The SMILES string of the molecule is CC1(C)OCCO[C@H](CNC(=O)c2ccc(Cl)nc2Cl)[C@H](CNC(=O)c2ccccc2)O1. The van der Waals surface area contributed by atoms with Gasteiger partial charge in [-0.1, -0.05) is 41.4 Å². The maximum atomic E-state index is 12.6. The first-order chi connectivity index (χ1) is 15.2. The topological polar surface area (TPSA) is 98.8 Å². The number of halogens is 2. The molecule has 1 aromatic heterocycles. The molecule has 2 heterocycles. The highest BCUT2D eigenvalue weighted by Gasteiger charge is 2.33. The zero-order chi connectivity index (χ0) is 23.1. The van der Waals surface area contributed by atoms with Crippen molar-refractivity contribution in [2.45, 2.75) is 31.8 Å². The number of rotatable bonds is 6. The van der Waals surface area contributed by atoms with Crippen molar-refractivity contribution in [3.63, 3.8) is 0 Å². The minimum absolute atomic E-state index is 0.00559. The molecule has 10 heteroatoms. The van der Waals surface area contributed by atoms with Gasteiger partial charge in [-0.15, -0.1) is 0 Å². The number of nitrogens with one attached hydrogen (secondary N) is 2. The summed E-state index contributed by atoms with van der Waals surface area (Å²) in [5, 5.41) is 5.85. The predicted molar refractivity (Wildman–Crippen MR) is 120 cm³/mol. The van der Waals surface area contributed by atoms with Crippen LogP contribution in [0.5, 0.6) is 0 Å². The Hall–Kier alpha value is -2.23. The summed E-state index contributed by atoms with van der Waals surface area (Å²) in [7, 11) is 0. The minimum atomic E-state index is -0.891. The van der Waals surface area contributed by atoms with Crippen molar-refractivity contribution in [3.05, 3.63) is 63.9 Å². The third-order valence-electron chi connectivity index (χ3n) is 4.74. The second-order valence-electron chi connectivity index (χ2n) is 7.57. The zero-order valence-electron chi connectivity index (χ0n) is 17.8. The summed E-state index contributed by atoms with van der Waals surface area (Å²) >= 11 is 11.8. The van der Waals surface area contributed by atoms with E-state index in [1.54, 1.807) is 38.1 Å². The van der Waals surface area contributed by atoms with Crippen molar-refractivity contribution in [1.82, 2.24) is 15.6 Å². The van der Waals surface area contributed by atoms with Gasteiger partial charge in [-0.05, 0) is 38.1 Å². The van der Waals surface area contributed by atoms with Gasteiger partial charge in [0.2, 0.25) is 0 Å². The lowest BCUT2D eigenvalue weighted by atomic mass is 10.1. The number of carbonyl (C=O) groups is 2. The van der Waals surface area contributed by atoms with E-state index in [9.17, 15) is 9.59 Å². The number of aromatic nitrogens is 1. The number of pyridine rings is 1. The summed E-state index contributed by atoms with van der Waals surface area (Å²) in [6.45, 7) is 4.50. The van der Waals surface area contributed by atoms with Crippen molar-refractivity contribution in [3.8, 4) is 0 Å². The fourth-order valence-corrected chi connectivity index (χ4v) is 3.62. The molecule has 2 aromatic rings. The summed E-state index contributed by atoms with van der Waals surface area (Å²) in [5.41, 5.74) is 0.727. The second-order valence-corrected chi connectivity index (χ2v) is 8.32. The Labute approximate surface area is 196 Å². The molecule has 0 bridgehead atoms. The molecule has 32 heavy (non-hydrogen) atoms. The quantitative estimate of drug-likeness (QED) is 0.615. The van der Waals surface area contributed by atoms with Gasteiger partial charge in [0, 0.05) is 18.7 Å². The van der Waals surface area contributed by atoms with Gasteiger partial charge in [0.05, 0.1) is 18.8 Å². The fraction of sp³-hybridized carbons (Fsp3) is 0.409. The first-order valence-corrected chi connectivity index (χ1v) is 10.9. The Morgan fingerprint density at radius 3 is 2.41 bits per heavy atom. The first-order valence-electron chi connectivity index (χ1n) is 10.1. The molecule has 1 aromatic carbocycles. The summed E-state index contributed by atoms with van der Waals surface area (Å²) in [4.78, 5) is 29.0. The summed E-state index contributed by atoms with van der Waals surface area (Å²) in [6.07, 6.45) is -1.13. The Balaban J connectivity index is 1.68. The van der Waals surface area contributed by atoms with E-state index in [-0.39, 0.29) is 34.9 Å². The largest absolute Gasteiger partial charge is 0.371 e. The Bertz CT molecular complexity index is 942. The van der Waals surface area contributed by atoms with Gasteiger partial charge in [0.25, 0.3) is 11.8 Å². The Morgan fingerprint density at radius 1 is 1.00 bits per heavy atom. The van der Waals surface area contributed by atoms with Crippen LogP contribution in [-0.4, -0.2) is 61.1 Å². The van der Waals surface area contributed by atoms with Crippen LogP contribution in [0.25, 0.3) is 0 Å². The highest BCUT2D eigenvalue weighted by molar-refractivity contribution is 6.34. The molecule has 1 saturated heterocycles. The molecule has 0 unspecified atom stereocenters. The van der Waals surface area contributed by atoms with E-state index in [0.29, 0.717) is 18.8 Å². The molecule has 0 spiro atoms. The Morgan fingerprint density at radius 2 is 1.69 bits per heavy atom. The van der Waals surface area contributed by atoms with Crippen LogP contribution in [0, 0.1) is 0 Å². The number of hydrogen-bond acceptors (Lipinski definition) is 6. The zero-order valence-corrected chi connectivity index (χ0v) is 19.3. The molecule has 1 fully saturated rings. The molecule has 1 aliphatic heterocycles. The van der Waals surface area contributed by atoms with Crippen LogP contribution < -0.4 is 10.6 Å². The first kappa shape index (κ1) is 24.4. The average Bonchev–Trinajstić information content (AvgIpc) is 2.75. The smallest absolute Gasteiger partial charge is 0.254 e. The van der Waals surface area contributed by atoms with Crippen LogP contribution in [0.2, 0.25) is 10.3 Å². The molecule has 0 saturated carbocycles. The molecule has 2 amide bonds. The molecule has 3 rings (SSSR count). The van der Waals surface area contributed by atoms with E-state index in [0.717, 1.165) is 0 Å². The van der Waals surface area contributed by atoms with E-state index in [1.807, 2.05) is 6.07 Å². The maximum absolute atomic E-state index is 12.6. The number of carbonyl (C=O) groups excluding carboxylic acids is 2. The lowest BCUT2D eigenvalue weighted by molar-refractivity contribution is -0.277. The third kappa shape index (κ3) is 6.88. The van der Waals surface area contributed by atoms with Crippen LogP contribution in [-0.2, 0) is 14.2 Å². The van der Waals surface area contributed by atoms with E-state index < -0.39 is 23.9 Å². The lowest BCUT2D eigenvalue weighted by Crippen LogP contribution is -2.52. The normalized spacial score (nSPS) is 20.6. The minimum Gasteiger partial charge on any atom is -0.371 e. The third-order valence-corrected chi connectivity index (χ3v) is 5.24. The molecule has 2 atom stereocenters. The number of nitrogens with zero attached hydrogens (tertiary/aromatic N) is 1. The van der Waals surface area contributed by atoms with Crippen LogP contribution in [0.15, 0.2) is 42.5 Å². The molecule has 8 nitrogen and oxygen atoms in total. The summed E-state index contributed by atoms with van der Waals surface area (Å²) in [5.74, 6) is -1.55. The second kappa shape index (κ2) is 11.1. The van der Waals surface area contributed by atoms with E-state index in [1.165, 1.54) is 12.1 Å². The number of benzene rings is 1. The maximum Gasteiger partial charge on any atom is 0.254 e. The van der Waals surface area contributed by atoms with Crippen LogP contribution in [0.4, 0.5) is 0 Å². The Kier molecular flexibility index (Phi) is 8.44. The van der Waals surface area contributed by atoms with Crippen LogP contribution >= 0.6 is 23.2 Å². The van der Waals surface area contributed by atoms with Crippen molar-refractivity contribution in [2.24, 2.45) is 0 Å². The number of hydrogen-bond donors (Lipinski definition) is 2. The van der Waals surface area contributed by atoms with E-state index in [4.69, 9.17) is 37.4 Å². The van der Waals surface area contributed by atoms with Gasteiger partial charge in [0.1, 0.15) is 22.5 Å². The number of amides is 2. The average molecular weight is 482 g/mol. The van der Waals surface area contributed by atoms with Crippen molar-refractivity contribution in [1.29, 1.82) is 0 Å². The fourth-order valence-electron chi connectivity index (χ4n) is 3.19. The van der Waals surface area contributed by atoms with Crippen molar-refractivity contribution in [2.75, 3.05) is 26.3 Å². The van der Waals surface area contributed by atoms with Gasteiger partial charge in [-0.3, -0.25) is 9.59 Å². The summed E-state index contributed by atoms with van der Waals surface area (Å²) in [6, 6.07) is 11.8. The van der Waals surface area contributed by atoms with Crippen LogP contribution in [0.3, 0.4) is 0 Å². The van der Waals surface area contributed by atoms with Crippen molar-refractivity contribution < 1.29 is 23.8 Å². The standard InChI is InChI=1S/C22H25Cl2N3O5/c1-22(2)31-11-10-30-16(12-26-21(29)15-8-9-18(23)27-19(15)24)17(32-22)13-25-20(28)14-6-4-3-5-7-14/h3-9,16-17H,10-13H2,1-2H3,(H,25,28)(H,26,29)/t16-,17+/m1/s1. The number of ether oxygens (including phenoxy) is 3. The highest BCUT2D eigenvalue weighted by atomic mass is 35.5. The summed E-state index contributed by atoms with van der Waals surface area (Å²) < 4.78 is 17.6. The molecule has 0 aliphatic carbocycles. The van der Waals surface area contributed by atoms with E-state index >= 15 is 0 Å². The van der Waals surface area contributed by atoms with Crippen molar-refractivity contribution >= 4 is 35.0 Å². The van der Waals surface area contributed by atoms with E-state index in [2.05, 4.69) is 15.6 Å². The van der Waals surface area contributed by atoms with Gasteiger partial charge in [-0.2, -0.15) is 0 Å². The highest BCUT2D eigenvalue weighted by Crippen LogP contribution is 2.21. The molecule has 2 N–H and O–H groups in total. The molecule has 0 radical (unpaired) electrons. The predicted octanol–water partition coefficient (Wildman–Crippen LogP) is 3.08. The van der Waals surface area contributed by atoms with Gasteiger partial charge in [-0.25, -0.2) is 4.98 Å². The van der Waals surface area contributed by atoms with Gasteiger partial charge >= 0.3 is 0 Å². The lowest BCUT2D eigenvalue weighted by Gasteiger charge is -2.37. The van der Waals surface area contributed by atoms with Gasteiger partial charge in [0.15, 0.2) is 5.79 Å². The molecule has 172 valence electrons. The molecular weight excluding hydrogens is 457 g/mol. The van der Waals surface area contributed by atoms with Gasteiger partial charge < -0.3 is 24.8 Å². The monoisotopic (exact) mass is 481 g/mol.